The first kappa shape index (κ1) is 10.2. The molecule has 1 unspecified atom stereocenters. The average Bonchev–Trinajstić information content (AvgIpc) is 1.99. The van der Waals surface area contributed by atoms with E-state index in [9.17, 15) is 4.79 Å². The Labute approximate surface area is 66.7 Å². The highest BCUT2D eigenvalue weighted by Crippen LogP contribution is 1.99. The maximum Gasteiger partial charge on any atom is 0.333 e. The van der Waals surface area contributed by atoms with Gasteiger partial charge in [-0.1, -0.05) is 13.5 Å². The molecule has 64 valence electrons. The van der Waals surface area contributed by atoms with Gasteiger partial charge in [0.15, 0.2) is 0 Å². The van der Waals surface area contributed by atoms with Crippen LogP contribution in [0.15, 0.2) is 12.2 Å². The highest BCUT2D eigenvalue weighted by molar-refractivity contribution is 5.85. The van der Waals surface area contributed by atoms with Crippen LogP contribution in [-0.4, -0.2) is 23.8 Å². The molecule has 0 amide bonds. The van der Waals surface area contributed by atoms with Crippen molar-refractivity contribution in [1.29, 1.82) is 0 Å². The molecule has 0 saturated carbocycles. The summed E-state index contributed by atoms with van der Waals surface area (Å²) < 4.78 is 5.13. The molecule has 0 aliphatic heterocycles. The van der Waals surface area contributed by atoms with E-state index in [2.05, 4.69) is 6.58 Å². The van der Waals surface area contributed by atoms with Gasteiger partial charge in [-0.05, 0) is 13.3 Å². The molecule has 3 heteroatoms. The third kappa shape index (κ3) is 4.56. The van der Waals surface area contributed by atoms with Crippen molar-refractivity contribution < 1.29 is 14.6 Å². The van der Waals surface area contributed by atoms with Crippen molar-refractivity contribution in [3.05, 3.63) is 12.2 Å². The number of carbonyl (C=O) groups is 1. The molecule has 11 heavy (non-hydrogen) atoms. The van der Waals surface area contributed by atoms with Gasteiger partial charge in [0.2, 0.25) is 0 Å². The average molecular weight is 158 g/mol. The normalized spacial score (nSPS) is 12.5. The molecule has 0 fully saturated rings. The van der Waals surface area contributed by atoms with Crippen molar-refractivity contribution in [3.8, 4) is 0 Å². The van der Waals surface area contributed by atoms with Crippen LogP contribution in [0.2, 0.25) is 0 Å². The zero-order valence-corrected chi connectivity index (χ0v) is 6.96. The van der Waals surface area contributed by atoms with E-state index in [1.54, 1.807) is 0 Å². The first-order valence-corrected chi connectivity index (χ1v) is 3.60. The second-order valence-electron chi connectivity index (χ2n) is 2.44. The minimum Gasteiger partial charge on any atom is -0.478 e. The predicted octanol–water partition coefficient (Wildman–Crippen LogP) is 1.44. The zero-order chi connectivity index (χ0) is 8.85. The maximum absolute atomic E-state index is 10.2. The molecular formula is C8H14O3. The van der Waals surface area contributed by atoms with Crippen molar-refractivity contribution in [2.75, 3.05) is 6.61 Å². The standard InChI is InChI=1S/C8H14O3/c1-4-7(3)11-5-6(2)8(9)10/h7H,2,4-5H2,1,3H3,(H,9,10). The molecule has 0 rings (SSSR count). The molecule has 0 aliphatic carbocycles. The first-order chi connectivity index (χ1) is 5.07. The molecule has 0 aromatic rings. The summed E-state index contributed by atoms with van der Waals surface area (Å²) in [6, 6.07) is 0. The maximum atomic E-state index is 10.2. The van der Waals surface area contributed by atoms with Crippen molar-refractivity contribution in [1.82, 2.24) is 0 Å². The molecule has 0 radical (unpaired) electrons. The second-order valence-corrected chi connectivity index (χ2v) is 2.44. The molecule has 0 heterocycles. The van der Waals surface area contributed by atoms with Gasteiger partial charge >= 0.3 is 5.97 Å². The van der Waals surface area contributed by atoms with Gasteiger partial charge in [0, 0.05) is 0 Å². The van der Waals surface area contributed by atoms with Gasteiger partial charge in [0.25, 0.3) is 0 Å². The summed E-state index contributed by atoms with van der Waals surface area (Å²) >= 11 is 0. The monoisotopic (exact) mass is 158 g/mol. The van der Waals surface area contributed by atoms with E-state index in [0.29, 0.717) is 0 Å². The van der Waals surface area contributed by atoms with Crippen LogP contribution in [0.25, 0.3) is 0 Å². The first-order valence-electron chi connectivity index (χ1n) is 3.60. The quantitative estimate of drug-likeness (QED) is 0.616. The molecule has 0 aliphatic rings. The zero-order valence-electron chi connectivity index (χ0n) is 6.96. The van der Waals surface area contributed by atoms with Crippen LogP contribution in [0.3, 0.4) is 0 Å². The van der Waals surface area contributed by atoms with Crippen LogP contribution in [0.5, 0.6) is 0 Å². The lowest BCUT2D eigenvalue weighted by molar-refractivity contribution is -0.133. The highest BCUT2D eigenvalue weighted by Gasteiger charge is 2.05. The van der Waals surface area contributed by atoms with Gasteiger partial charge in [0.05, 0.1) is 18.3 Å². The van der Waals surface area contributed by atoms with Crippen molar-refractivity contribution in [2.45, 2.75) is 26.4 Å². The third-order valence-electron chi connectivity index (χ3n) is 1.42. The summed E-state index contributed by atoms with van der Waals surface area (Å²) in [6.45, 7) is 7.33. The molecule has 0 bridgehead atoms. The summed E-state index contributed by atoms with van der Waals surface area (Å²) in [5.41, 5.74) is 0.102. The Kier molecular flexibility index (Phi) is 4.54. The molecule has 1 atom stereocenters. The number of carboxylic acids is 1. The van der Waals surface area contributed by atoms with Crippen LogP contribution in [-0.2, 0) is 9.53 Å². The summed E-state index contributed by atoms with van der Waals surface area (Å²) in [7, 11) is 0. The van der Waals surface area contributed by atoms with Gasteiger partial charge in [0.1, 0.15) is 0 Å². The van der Waals surface area contributed by atoms with Crippen LogP contribution in [0.4, 0.5) is 0 Å². The third-order valence-corrected chi connectivity index (χ3v) is 1.42. The molecule has 0 aromatic carbocycles. The minimum atomic E-state index is -0.992. The van der Waals surface area contributed by atoms with E-state index in [0.717, 1.165) is 6.42 Å². The predicted molar refractivity (Wildman–Crippen MR) is 42.5 cm³/mol. The SMILES string of the molecule is C=C(COC(C)CC)C(=O)O. The van der Waals surface area contributed by atoms with Crippen molar-refractivity contribution >= 4 is 5.97 Å². The summed E-state index contributed by atoms with van der Waals surface area (Å²) in [4.78, 5) is 10.2. The number of aliphatic carboxylic acids is 1. The van der Waals surface area contributed by atoms with Gasteiger partial charge in [-0.3, -0.25) is 0 Å². The Morgan fingerprint density at radius 1 is 1.73 bits per heavy atom. The largest absolute Gasteiger partial charge is 0.478 e. The van der Waals surface area contributed by atoms with Gasteiger partial charge in [-0.2, -0.15) is 0 Å². The number of carboxylic acid groups (broad SMARTS) is 1. The van der Waals surface area contributed by atoms with E-state index in [-0.39, 0.29) is 18.3 Å². The number of hydrogen-bond acceptors (Lipinski definition) is 2. The van der Waals surface area contributed by atoms with E-state index in [1.165, 1.54) is 0 Å². The Morgan fingerprint density at radius 3 is 2.64 bits per heavy atom. The molecule has 1 N–H and O–H groups in total. The van der Waals surface area contributed by atoms with E-state index >= 15 is 0 Å². The molecule has 0 aromatic heterocycles. The second kappa shape index (κ2) is 4.91. The smallest absolute Gasteiger partial charge is 0.333 e. The van der Waals surface area contributed by atoms with E-state index in [4.69, 9.17) is 9.84 Å². The fourth-order valence-corrected chi connectivity index (χ4v) is 0.422. The van der Waals surface area contributed by atoms with Crippen LogP contribution < -0.4 is 0 Å². The Bertz CT molecular complexity index is 151. The number of hydrogen-bond donors (Lipinski definition) is 1. The lowest BCUT2D eigenvalue weighted by Gasteiger charge is -2.09. The van der Waals surface area contributed by atoms with Crippen LogP contribution in [0, 0.1) is 0 Å². The van der Waals surface area contributed by atoms with E-state index < -0.39 is 5.97 Å². The van der Waals surface area contributed by atoms with Crippen molar-refractivity contribution in [2.24, 2.45) is 0 Å². The van der Waals surface area contributed by atoms with Crippen LogP contribution in [0.1, 0.15) is 20.3 Å². The molecule has 0 spiro atoms. The summed E-state index contributed by atoms with van der Waals surface area (Å²) in [5.74, 6) is -0.992. The minimum absolute atomic E-state index is 0.102. The van der Waals surface area contributed by atoms with Crippen molar-refractivity contribution in [3.63, 3.8) is 0 Å². The fraction of sp³-hybridized carbons (Fsp3) is 0.625. The summed E-state index contributed by atoms with van der Waals surface area (Å²) in [6.07, 6.45) is 0.985. The Morgan fingerprint density at radius 2 is 2.27 bits per heavy atom. The van der Waals surface area contributed by atoms with Gasteiger partial charge < -0.3 is 9.84 Å². The summed E-state index contributed by atoms with van der Waals surface area (Å²) in [5, 5.41) is 8.39. The Hall–Kier alpha value is -0.830. The van der Waals surface area contributed by atoms with Gasteiger partial charge in [-0.25, -0.2) is 4.79 Å². The molecule has 0 saturated heterocycles. The lowest BCUT2D eigenvalue weighted by Crippen LogP contribution is -2.12. The Balaban J connectivity index is 3.54. The molecule has 3 nitrogen and oxygen atoms in total. The lowest BCUT2D eigenvalue weighted by atomic mass is 10.3. The topological polar surface area (TPSA) is 46.5 Å². The number of ether oxygens (including phenoxy) is 1. The fourth-order valence-electron chi connectivity index (χ4n) is 0.422. The highest BCUT2D eigenvalue weighted by atomic mass is 16.5. The van der Waals surface area contributed by atoms with E-state index in [1.807, 2.05) is 13.8 Å². The molecular weight excluding hydrogens is 144 g/mol. The van der Waals surface area contributed by atoms with Gasteiger partial charge in [-0.15, -0.1) is 0 Å². The number of rotatable bonds is 5. The van der Waals surface area contributed by atoms with Crippen LogP contribution >= 0.6 is 0 Å².